The van der Waals surface area contributed by atoms with E-state index in [-0.39, 0.29) is 5.82 Å². The van der Waals surface area contributed by atoms with Gasteiger partial charge in [-0.25, -0.2) is 4.39 Å². The highest BCUT2D eigenvalue weighted by Gasteiger charge is 2.05. The van der Waals surface area contributed by atoms with Gasteiger partial charge in [-0.2, -0.15) is 10.4 Å². The third-order valence-corrected chi connectivity index (χ3v) is 2.52. The van der Waals surface area contributed by atoms with Crippen LogP contribution in [0, 0.1) is 31.0 Å². The monoisotopic (exact) mass is 229 g/mol. The second-order valence-electron chi connectivity index (χ2n) is 4.04. The van der Waals surface area contributed by atoms with Gasteiger partial charge in [-0.3, -0.25) is 4.68 Å². The minimum absolute atomic E-state index is 0.335. The first-order valence-corrected chi connectivity index (χ1v) is 5.29. The molecule has 0 saturated heterocycles. The van der Waals surface area contributed by atoms with Crippen LogP contribution in [0.15, 0.2) is 24.3 Å². The summed E-state index contributed by atoms with van der Waals surface area (Å²) in [6, 6.07) is 8.24. The maximum atomic E-state index is 13.2. The number of aryl methyl sites for hydroxylation is 2. The molecule has 0 radical (unpaired) electrons. The number of hydrogen-bond donors (Lipinski definition) is 0. The van der Waals surface area contributed by atoms with Crippen LogP contribution in [0.5, 0.6) is 0 Å². The van der Waals surface area contributed by atoms with Gasteiger partial charge in [0.15, 0.2) is 0 Å². The number of rotatable bonds is 2. The molecule has 0 aliphatic heterocycles. The Balaban J connectivity index is 2.33. The summed E-state index contributed by atoms with van der Waals surface area (Å²) in [6.07, 6.45) is 0. The van der Waals surface area contributed by atoms with Crippen molar-refractivity contribution in [1.29, 1.82) is 5.26 Å². The zero-order valence-electron chi connectivity index (χ0n) is 9.74. The summed E-state index contributed by atoms with van der Waals surface area (Å²) in [5.74, 6) is -0.388. The Morgan fingerprint density at radius 2 is 2.06 bits per heavy atom. The highest BCUT2D eigenvalue weighted by Crippen LogP contribution is 2.11. The molecular weight excluding hydrogens is 217 g/mol. The number of halogens is 1. The van der Waals surface area contributed by atoms with Crippen molar-refractivity contribution in [2.45, 2.75) is 20.4 Å². The van der Waals surface area contributed by atoms with Crippen LogP contribution in [0.25, 0.3) is 0 Å². The highest BCUT2D eigenvalue weighted by atomic mass is 19.1. The third-order valence-electron chi connectivity index (χ3n) is 2.52. The van der Waals surface area contributed by atoms with Gasteiger partial charge in [-0.15, -0.1) is 0 Å². The molecule has 0 fully saturated rings. The molecule has 0 N–H and O–H groups in total. The summed E-state index contributed by atoms with van der Waals surface area (Å²) >= 11 is 0. The van der Waals surface area contributed by atoms with E-state index in [9.17, 15) is 4.39 Å². The van der Waals surface area contributed by atoms with E-state index in [4.69, 9.17) is 5.26 Å². The molecule has 2 aromatic rings. The van der Waals surface area contributed by atoms with Crippen molar-refractivity contribution in [3.8, 4) is 6.07 Å². The Bertz CT molecular complexity index is 593. The van der Waals surface area contributed by atoms with Gasteiger partial charge in [0.25, 0.3) is 0 Å². The lowest BCUT2D eigenvalue weighted by Gasteiger charge is -2.05. The largest absolute Gasteiger partial charge is 0.265 e. The van der Waals surface area contributed by atoms with E-state index in [0.717, 1.165) is 17.0 Å². The lowest BCUT2D eigenvalue weighted by atomic mass is 10.1. The number of benzene rings is 1. The zero-order chi connectivity index (χ0) is 12.4. The lowest BCUT2D eigenvalue weighted by Crippen LogP contribution is -2.04. The first-order valence-electron chi connectivity index (χ1n) is 5.29. The number of aromatic nitrogens is 2. The van der Waals surface area contributed by atoms with Gasteiger partial charge < -0.3 is 0 Å². The van der Waals surface area contributed by atoms with E-state index in [2.05, 4.69) is 5.10 Å². The third kappa shape index (κ3) is 2.51. The van der Waals surface area contributed by atoms with E-state index in [0.29, 0.717) is 12.1 Å². The van der Waals surface area contributed by atoms with Crippen LogP contribution in [0.3, 0.4) is 0 Å². The summed E-state index contributed by atoms with van der Waals surface area (Å²) in [6.45, 7) is 4.34. The molecule has 4 heteroatoms. The van der Waals surface area contributed by atoms with Gasteiger partial charge in [0.1, 0.15) is 5.82 Å². The number of nitrogens with zero attached hydrogens (tertiary/aromatic N) is 3. The first-order chi connectivity index (χ1) is 8.08. The Morgan fingerprint density at radius 1 is 1.29 bits per heavy atom. The summed E-state index contributed by atoms with van der Waals surface area (Å²) in [5, 5.41) is 13.1. The molecule has 0 bridgehead atoms. The average Bonchev–Trinajstić information content (AvgIpc) is 2.56. The van der Waals surface area contributed by atoms with Gasteiger partial charge >= 0.3 is 0 Å². The minimum atomic E-state index is -0.388. The molecule has 0 aliphatic rings. The Hall–Kier alpha value is -2.15. The molecule has 1 aromatic heterocycles. The van der Waals surface area contributed by atoms with Gasteiger partial charge in [0.05, 0.1) is 23.9 Å². The van der Waals surface area contributed by atoms with Crippen molar-refractivity contribution in [2.24, 2.45) is 0 Å². The van der Waals surface area contributed by atoms with Crippen molar-refractivity contribution in [1.82, 2.24) is 9.78 Å². The standard InChI is InChI=1S/C13H12FN3/c1-9-3-10(2)17(16-9)8-12-4-11(7-15)5-13(14)6-12/h3-6H,8H2,1-2H3. The van der Waals surface area contributed by atoms with Crippen LogP contribution in [0.2, 0.25) is 0 Å². The minimum Gasteiger partial charge on any atom is -0.265 e. The van der Waals surface area contributed by atoms with Crippen molar-refractivity contribution in [2.75, 3.05) is 0 Å². The van der Waals surface area contributed by atoms with Crippen LogP contribution < -0.4 is 0 Å². The number of nitriles is 1. The van der Waals surface area contributed by atoms with Crippen molar-refractivity contribution >= 4 is 0 Å². The number of hydrogen-bond acceptors (Lipinski definition) is 2. The van der Waals surface area contributed by atoms with E-state index in [1.165, 1.54) is 12.1 Å². The van der Waals surface area contributed by atoms with Crippen LogP contribution in [-0.2, 0) is 6.54 Å². The first kappa shape index (κ1) is 11.3. The molecule has 0 aliphatic carbocycles. The molecule has 0 atom stereocenters. The molecule has 2 rings (SSSR count). The second-order valence-corrected chi connectivity index (χ2v) is 4.04. The zero-order valence-corrected chi connectivity index (χ0v) is 9.74. The maximum Gasteiger partial charge on any atom is 0.124 e. The van der Waals surface area contributed by atoms with Crippen LogP contribution >= 0.6 is 0 Å². The quantitative estimate of drug-likeness (QED) is 0.794. The van der Waals surface area contributed by atoms with Gasteiger partial charge in [-0.05, 0) is 43.7 Å². The molecule has 1 heterocycles. The predicted molar refractivity (Wildman–Crippen MR) is 61.9 cm³/mol. The van der Waals surface area contributed by atoms with Crippen molar-refractivity contribution in [3.63, 3.8) is 0 Å². The summed E-state index contributed by atoms with van der Waals surface area (Å²) in [7, 11) is 0. The molecular formula is C13H12FN3. The molecule has 3 nitrogen and oxygen atoms in total. The van der Waals surface area contributed by atoms with E-state index in [1.54, 1.807) is 10.7 Å². The fourth-order valence-corrected chi connectivity index (χ4v) is 1.81. The maximum absolute atomic E-state index is 13.2. The molecule has 0 spiro atoms. The van der Waals surface area contributed by atoms with Crippen LogP contribution in [0.4, 0.5) is 4.39 Å². The SMILES string of the molecule is Cc1cc(C)n(Cc2cc(F)cc(C#N)c2)n1. The van der Waals surface area contributed by atoms with Crippen molar-refractivity contribution < 1.29 is 4.39 Å². The Morgan fingerprint density at radius 3 is 2.65 bits per heavy atom. The summed E-state index contributed by atoms with van der Waals surface area (Å²) in [4.78, 5) is 0. The highest BCUT2D eigenvalue weighted by molar-refractivity contribution is 5.33. The summed E-state index contributed by atoms with van der Waals surface area (Å²) < 4.78 is 15.0. The van der Waals surface area contributed by atoms with E-state index < -0.39 is 0 Å². The van der Waals surface area contributed by atoms with E-state index >= 15 is 0 Å². The Labute approximate surface area is 99.1 Å². The van der Waals surface area contributed by atoms with Gasteiger partial charge in [-0.1, -0.05) is 0 Å². The van der Waals surface area contributed by atoms with Gasteiger partial charge in [0, 0.05) is 5.69 Å². The normalized spacial score (nSPS) is 10.2. The fourth-order valence-electron chi connectivity index (χ4n) is 1.81. The Kier molecular flexibility index (Phi) is 2.92. The lowest BCUT2D eigenvalue weighted by molar-refractivity contribution is 0.615. The van der Waals surface area contributed by atoms with E-state index in [1.807, 2.05) is 26.0 Å². The molecule has 0 amide bonds. The van der Waals surface area contributed by atoms with Gasteiger partial charge in [0.2, 0.25) is 0 Å². The van der Waals surface area contributed by atoms with Crippen LogP contribution in [0.1, 0.15) is 22.5 Å². The smallest absolute Gasteiger partial charge is 0.124 e. The molecule has 86 valence electrons. The second kappa shape index (κ2) is 4.38. The molecule has 1 aromatic carbocycles. The average molecular weight is 229 g/mol. The molecule has 0 unspecified atom stereocenters. The molecule has 17 heavy (non-hydrogen) atoms. The van der Waals surface area contributed by atoms with Crippen molar-refractivity contribution in [3.05, 3.63) is 52.6 Å². The molecule has 0 saturated carbocycles. The predicted octanol–water partition coefficient (Wildman–Crippen LogP) is 2.56. The summed E-state index contributed by atoms with van der Waals surface area (Å²) in [5.41, 5.74) is 3.03. The topological polar surface area (TPSA) is 41.6 Å². The van der Waals surface area contributed by atoms with Crippen LogP contribution in [-0.4, -0.2) is 9.78 Å². The fraction of sp³-hybridized carbons (Fsp3) is 0.231.